The van der Waals surface area contributed by atoms with Crippen LogP contribution in [0.5, 0.6) is 0 Å². The van der Waals surface area contributed by atoms with Crippen molar-refractivity contribution in [2.75, 3.05) is 18.5 Å². The lowest BCUT2D eigenvalue weighted by Gasteiger charge is -2.29. The molecule has 0 bridgehead atoms. The first-order valence-corrected chi connectivity index (χ1v) is 9.12. The number of para-hydroxylation sites is 1. The van der Waals surface area contributed by atoms with Gasteiger partial charge in [0.25, 0.3) is 5.91 Å². The molecule has 1 aliphatic rings. The summed E-state index contributed by atoms with van der Waals surface area (Å²) < 4.78 is 0. The van der Waals surface area contributed by atoms with Crippen LogP contribution < -0.4 is 4.90 Å². The van der Waals surface area contributed by atoms with Gasteiger partial charge in [0.1, 0.15) is 0 Å². The zero-order valence-corrected chi connectivity index (χ0v) is 15.4. The van der Waals surface area contributed by atoms with Gasteiger partial charge < -0.3 is 9.80 Å². The predicted octanol–water partition coefficient (Wildman–Crippen LogP) is 3.85. The Bertz CT molecular complexity index is 861. The maximum atomic E-state index is 12.8. The molecule has 1 heterocycles. The van der Waals surface area contributed by atoms with Crippen molar-refractivity contribution in [3.05, 3.63) is 83.8 Å². The second-order valence-corrected chi connectivity index (χ2v) is 7.05. The Morgan fingerprint density at radius 3 is 2.58 bits per heavy atom. The smallest absolute Gasteiger partial charge is 0.265 e. The van der Waals surface area contributed by atoms with Crippen molar-refractivity contribution in [1.29, 1.82) is 0 Å². The molecule has 0 spiro atoms. The highest BCUT2D eigenvalue weighted by molar-refractivity contribution is 8.04. The number of nitrogens with zero attached hydrogens (tertiary/aromatic N) is 2. The maximum absolute atomic E-state index is 12.8. The summed E-state index contributed by atoms with van der Waals surface area (Å²) in [4.78, 5) is 30.0. The van der Waals surface area contributed by atoms with Gasteiger partial charge in [-0.05, 0) is 17.7 Å². The highest BCUT2D eigenvalue weighted by atomic mass is 32.2. The molecule has 0 fully saturated rings. The molecule has 26 heavy (non-hydrogen) atoms. The first-order valence-electron chi connectivity index (χ1n) is 8.30. The van der Waals surface area contributed by atoms with Gasteiger partial charge in [0, 0.05) is 31.1 Å². The Kier molecular flexibility index (Phi) is 5.58. The SMILES string of the molecule is C=CCN1C(=O)C(=CC(=O)N(C)Cc2ccccc2)Sc2ccccc21. The van der Waals surface area contributed by atoms with E-state index in [0.717, 1.165) is 16.1 Å². The highest BCUT2D eigenvalue weighted by Crippen LogP contribution is 2.41. The molecule has 1 aliphatic heterocycles. The van der Waals surface area contributed by atoms with E-state index in [1.165, 1.54) is 17.8 Å². The number of fused-ring (bicyclic) bond motifs is 1. The maximum Gasteiger partial charge on any atom is 0.265 e. The molecular weight excluding hydrogens is 344 g/mol. The lowest BCUT2D eigenvalue weighted by Crippen LogP contribution is -2.35. The molecule has 0 saturated carbocycles. The number of benzene rings is 2. The molecule has 0 saturated heterocycles. The van der Waals surface area contributed by atoms with Gasteiger partial charge in [-0.25, -0.2) is 0 Å². The summed E-state index contributed by atoms with van der Waals surface area (Å²) in [7, 11) is 1.74. The fourth-order valence-corrected chi connectivity index (χ4v) is 3.75. The zero-order chi connectivity index (χ0) is 18.5. The highest BCUT2D eigenvalue weighted by Gasteiger charge is 2.29. The lowest BCUT2D eigenvalue weighted by molar-refractivity contribution is -0.125. The lowest BCUT2D eigenvalue weighted by atomic mass is 10.2. The van der Waals surface area contributed by atoms with Crippen LogP contribution in [0.15, 0.2) is 83.1 Å². The van der Waals surface area contributed by atoms with E-state index in [1.54, 1.807) is 22.9 Å². The van der Waals surface area contributed by atoms with Crippen LogP contribution in [-0.2, 0) is 16.1 Å². The first-order chi connectivity index (χ1) is 12.6. The summed E-state index contributed by atoms with van der Waals surface area (Å²) in [6.45, 7) is 4.63. The fraction of sp³-hybridized carbons (Fsp3) is 0.143. The number of likely N-dealkylation sites (N-methyl/N-ethyl adjacent to an activating group) is 1. The van der Waals surface area contributed by atoms with Crippen molar-refractivity contribution in [1.82, 2.24) is 4.90 Å². The van der Waals surface area contributed by atoms with Crippen LogP contribution in [0.4, 0.5) is 5.69 Å². The van der Waals surface area contributed by atoms with Gasteiger partial charge in [0.15, 0.2) is 0 Å². The summed E-state index contributed by atoms with van der Waals surface area (Å²) in [6.07, 6.45) is 3.12. The van der Waals surface area contributed by atoms with Crippen LogP contribution in [0.25, 0.3) is 0 Å². The first kappa shape index (κ1) is 18.0. The fourth-order valence-electron chi connectivity index (χ4n) is 2.73. The van der Waals surface area contributed by atoms with Gasteiger partial charge >= 0.3 is 0 Å². The van der Waals surface area contributed by atoms with Crippen LogP contribution in [0.3, 0.4) is 0 Å². The minimum atomic E-state index is -0.192. The quantitative estimate of drug-likeness (QED) is 0.598. The zero-order valence-electron chi connectivity index (χ0n) is 14.6. The molecule has 132 valence electrons. The van der Waals surface area contributed by atoms with Crippen LogP contribution in [-0.4, -0.2) is 30.3 Å². The molecule has 2 amide bonds. The van der Waals surface area contributed by atoms with E-state index in [4.69, 9.17) is 0 Å². The number of carbonyl (C=O) groups is 2. The minimum absolute atomic E-state index is 0.171. The molecule has 0 aromatic heterocycles. The molecule has 3 rings (SSSR count). The van der Waals surface area contributed by atoms with E-state index in [0.29, 0.717) is 18.0 Å². The van der Waals surface area contributed by atoms with Crippen LogP contribution in [0.2, 0.25) is 0 Å². The van der Waals surface area contributed by atoms with Gasteiger partial charge in [-0.15, -0.1) is 6.58 Å². The Morgan fingerprint density at radius 2 is 1.85 bits per heavy atom. The van der Waals surface area contributed by atoms with E-state index in [9.17, 15) is 9.59 Å². The molecule has 0 unspecified atom stereocenters. The third kappa shape index (κ3) is 3.89. The number of hydrogen-bond donors (Lipinski definition) is 0. The van der Waals surface area contributed by atoms with Crippen molar-refractivity contribution in [3.63, 3.8) is 0 Å². The number of thioether (sulfide) groups is 1. The summed E-state index contributed by atoms with van der Waals surface area (Å²) >= 11 is 1.33. The molecule has 0 N–H and O–H groups in total. The Hall–Kier alpha value is -2.79. The number of rotatable bonds is 5. The second kappa shape index (κ2) is 8.06. The normalized spacial score (nSPS) is 14.9. The van der Waals surface area contributed by atoms with Crippen molar-refractivity contribution in [3.8, 4) is 0 Å². The van der Waals surface area contributed by atoms with Crippen molar-refractivity contribution >= 4 is 29.3 Å². The minimum Gasteiger partial charge on any atom is -0.338 e. The molecule has 4 nitrogen and oxygen atoms in total. The van der Waals surface area contributed by atoms with Crippen LogP contribution in [0, 0.1) is 0 Å². The van der Waals surface area contributed by atoms with E-state index in [2.05, 4.69) is 6.58 Å². The molecule has 5 heteroatoms. The summed E-state index contributed by atoms with van der Waals surface area (Å²) in [5.74, 6) is -0.363. The van der Waals surface area contributed by atoms with E-state index >= 15 is 0 Å². The van der Waals surface area contributed by atoms with Crippen molar-refractivity contribution < 1.29 is 9.59 Å². The molecular formula is C21H20N2O2S. The Labute approximate surface area is 157 Å². The number of amides is 2. The van der Waals surface area contributed by atoms with E-state index < -0.39 is 0 Å². The number of hydrogen-bond acceptors (Lipinski definition) is 3. The predicted molar refractivity (Wildman–Crippen MR) is 106 cm³/mol. The van der Waals surface area contributed by atoms with Crippen LogP contribution >= 0.6 is 11.8 Å². The third-order valence-corrected chi connectivity index (χ3v) is 5.11. The second-order valence-electron chi connectivity index (χ2n) is 5.96. The molecule has 0 atom stereocenters. The average Bonchev–Trinajstić information content (AvgIpc) is 2.66. The average molecular weight is 364 g/mol. The summed E-state index contributed by atoms with van der Waals surface area (Å²) in [6, 6.07) is 17.5. The Morgan fingerprint density at radius 1 is 1.15 bits per heavy atom. The monoisotopic (exact) mass is 364 g/mol. The number of anilines is 1. The molecule has 2 aromatic carbocycles. The van der Waals surface area contributed by atoms with E-state index in [1.807, 2.05) is 54.6 Å². The van der Waals surface area contributed by atoms with Crippen molar-refractivity contribution in [2.45, 2.75) is 11.4 Å². The third-order valence-electron chi connectivity index (χ3n) is 4.04. The van der Waals surface area contributed by atoms with Crippen LogP contribution in [0.1, 0.15) is 5.56 Å². The summed E-state index contributed by atoms with van der Waals surface area (Å²) in [5, 5.41) is 0. The van der Waals surface area contributed by atoms with Gasteiger partial charge in [-0.3, -0.25) is 9.59 Å². The van der Waals surface area contributed by atoms with Gasteiger partial charge in [0.05, 0.1) is 10.6 Å². The molecule has 0 radical (unpaired) electrons. The summed E-state index contributed by atoms with van der Waals surface area (Å²) in [5.41, 5.74) is 1.90. The van der Waals surface area contributed by atoms with Gasteiger partial charge in [0.2, 0.25) is 5.91 Å². The molecule has 0 aliphatic carbocycles. The molecule has 2 aromatic rings. The number of carbonyl (C=O) groups excluding carboxylic acids is 2. The standard InChI is InChI=1S/C21H20N2O2S/c1-3-13-23-17-11-7-8-12-18(17)26-19(21(23)25)14-20(24)22(2)15-16-9-5-4-6-10-16/h3-12,14H,1,13,15H2,2H3. The Balaban J connectivity index is 1.82. The topological polar surface area (TPSA) is 40.6 Å². The van der Waals surface area contributed by atoms with E-state index in [-0.39, 0.29) is 11.8 Å². The van der Waals surface area contributed by atoms with Gasteiger partial charge in [-0.1, -0.05) is 60.3 Å². The largest absolute Gasteiger partial charge is 0.338 e. The van der Waals surface area contributed by atoms with Crippen molar-refractivity contribution in [2.24, 2.45) is 0 Å². The van der Waals surface area contributed by atoms with Gasteiger partial charge in [-0.2, -0.15) is 0 Å².